The Labute approximate surface area is 157 Å². The zero-order valence-corrected chi connectivity index (χ0v) is 16.0. The van der Waals surface area contributed by atoms with Crippen molar-refractivity contribution in [2.24, 2.45) is 5.73 Å². The van der Waals surface area contributed by atoms with Gasteiger partial charge in [0.1, 0.15) is 5.00 Å². The predicted molar refractivity (Wildman–Crippen MR) is 105 cm³/mol. The van der Waals surface area contributed by atoms with E-state index >= 15 is 0 Å². The summed E-state index contributed by atoms with van der Waals surface area (Å²) in [7, 11) is 0. The van der Waals surface area contributed by atoms with Crippen LogP contribution in [-0.4, -0.2) is 44.5 Å². The summed E-state index contributed by atoms with van der Waals surface area (Å²) >= 11 is 1.32. The molecule has 3 rings (SSSR count). The fourth-order valence-electron chi connectivity index (χ4n) is 3.32. The third kappa shape index (κ3) is 4.05. The maximum Gasteiger partial charge on any atom is 0.280 e. The monoisotopic (exact) mass is 373 g/mol. The highest BCUT2D eigenvalue weighted by atomic mass is 32.1. The number of anilines is 2. The molecule has 2 aromatic rings. The second-order valence-corrected chi connectivity index (χ2v) is 7.62. The fraction of sp³-hybridized carbons (Fsp3) is 0.368. The molecule has 26 heavy (non-hydrogen) atoms. The van der Waals surface area contributed by atoms with Crippen molar-refractivity contribution in [2.75, 3.05) is 42.9 Å². The predicted octanol–water partition coefficient (Wildman–Crippen LogP) is 0.807. The molecule has 4 N–H and O–H groups in total. The van der Waals surface area contributed by atoms with Crippen molar-refractivity contribution in [1.29, 1.82) is 0 Å². The molecule has 1 aromatic carbocycles. The number of carbonyl (C=O) groups excluding carboxylic acids is 2. The topological polar surface area (TPSA) is 79.9 Å². The van der Waals surface area contributed by atoms with Crippen molar-refractivity contribution in [3.8, 4) is 0 Å². The first-order valence-electron chi connectivity index (χ1n) is 8.77. The van der Waals surface area contributed by atoms with E-state index in [0.717, 1.165) is 26.2 Å². The number of benzene rings is 1. The average molecular weight is 374 g/mol. The Morgan fingerprint density at radius 1 is 1.23 bits per heavy atom. The molecule has 0 saturated carbocycles. The Balaban J connectivity index is 1.54. The molecule has 1 fully saturated rings. The van der Waals surface area contributed by atoms with Gasteiger partial charge in [0.15, 0.2) is 6.54 Å². The second-order valence-electron chi connectivity index (χ2n) is 6.71. The highest BCUT2D eigenvalue weighted by molar-refractivity contribution is 7.14. The van der Waals surface area contributed by atoms with Crippen LogP contribution in [0.3, 0.4) is 0 Å². The number of rotatable bonds is 5. The van der Waals surface area contributed by atoms with Gasteiger partial charge in [0.25, 0.3) is 11.8 Å². The summed E-state index contributed by atoms with van der Waals surface area (Å²) in [5.41, 5.74) is 9.61. The van der Waals surface area contributed by atoms with Crippen molar-refractivity contribution in [2.45, 2.75) is 13.8 Å². The van der Waals surface area contributed by atoms with Gasteiger partial charge in [0.05, 0.1) is 31.7 Å². The highest BCUT2D eigenvalue weighted by Crippen LogP contribution is 2.23. The van der Waals surface area contributed by atoms with Crippen molar-refractivity contribution < 1.29 is 14.5 Å². The first-order valence-corrected chi connectivity index (χ1v) is 9.65. The normalized spacial score (nSPS) is 15.1. The number of thiophene rings is 1. The maximum absolute atomic E-state index is 12.3. The lowest BCUT2D eigenvalue weighted by molar-refractivity contribution is -0.892. The van der Waals surface area contributed by atoms with Crippen LogP contribution in [-0.2, 0) is 4.79 Å². The van der Waals surface area contributed by atoms with Crippen molar-refractivity contribution in [1.82, 2.24) is 0 Å². The lowest BCUT2D eigenvalue weighted by Gasteiger charge is -2.34. The lowest BCUT2D eigenvalue weighted by Crippen LogP contribution is -3.15. The van der Waals surface area contributed by atoms with E-state index in [1.54, 1.807) is 11.4 Å². The molecule has 0 radical (unpaired) electrons. The second kappa shape index (κ2) is 7.88. The number of hydrogen-bond donors (Lipinski definition) is 3. The summed E-state index contributed by atoms with van der Waals surface area (Å²) in [5.74, 6) is -0.596. The van der Waals surface area contributed by atoms with E-state index in [1.165, 1.54) is 33.1 Å². The van der Waals surface area contributed by atoms with Crippen LogP contribution in [0, 0.1) is 13.8 Å². The molecule has 1 aliphatic heterocycles. The van der Waals surface area contributed by atoms with Crippen LogP contribution in [0.5, 0.6) is 0 Å². The van der Waals surface area contributed by atoms with Crippen LogP contribution in [0.25, 0.3) is 0 Å². The summed E-state index contributed by atoms with van der Waals surface area (Å²) < 4.78 is 0. The number of nitrogens with zero attached hydrogens (tertiary/aromatic N) is 1. The standard InChI is InChI=1S/C19H24N4O2S/c1-13-4-3-5-16(14(13)2)23-9-7-22(8-10-23)12-17(24)21-19-15(18(20)25)6-11-26-19/h3-6,11H,7-10,12H2,1-2H3,(H2,20,25)(H,21,24)/p+1. The van der Waals surface area contributed by atoms with Crippen LogP contribution in [0.4, 0.5) is 10.7 Å². The number of hydrogen-bond acceptors (Lipinski definition) is 4. The van der Waals surface area contributed by atoms with Crippen LogP contribution in [0.2, 0.25) is 0 Å². The van der Waals surface area contributed by atoms with Gasteiger partial charge < -0.3 is 20.9 Å². The molecule has 0 bridgehead atoms. The Kier molecular flexibility index (Phi) is 5.58. The first-order chi connectivity index (χ1) is 12.5. The molecule has 1 aromatic heterocycles. The smallest absolute Gasteiger partial charge is 0.280 e. The zero-order valence-electron chi connectivity index (χ0n) is 15.2. The zero-order chi connectivity index (χ0) is 18.7. The summed E-state index contributed by atoms with van der Waals surface area (Å²) in [6, 6.07) is 8.04. The maximum atomic E-state index is 12.3. The van der Waals surface area contributed by atoms with E-state index in [1.807, 2.05) is 0 Å². The van der Waals surface area contributed by atoms with Gasteiger partial charge in [-0.15, -0.1) is 11.3 Å². The quantitative estimate of drug-likeness (QED) is 0.726. The number of carbonyl (C=O) groups is 2. The van der Waals surface area contributed by atoms with Gasteiger partial charge in [-0.25, -0.2) is 0 Å². The molecule has 6 nitrogen and oxygen atoms in total. The van der Waals surface area contributed by atoms with Gasteiger partial charge in [-0.3, -0.25) is 9.59 Å². The Bertz CT molecular complexity index is 810. The lowest BCUT2D eigenvalue weighted by atomic mass is 10.1. The number of amides is 2. The van der Waals surface area contributed by atoms with Crippen molar-refractivity contribution >= 4 is 33.8 Å². The number of aryl methyl sites for hydroxylation is 1. The molecular weight excluding hydrogens is 348 g/mol. The van der Waals surface area contributed by atoms with Crippen LogP contribution in [0.1, 0.15) is 21.5 Å². The molecule has 0 aliphatic carbocycles. The van der Waals surface area contributed by atoms with E-state index in [4.69, 9.17) is 5.73 Å². The Morgan fingerprint density at radius 2 is 1.96 bits per heavy atom. The summed E-state index contributed by atoms with van der Waals surface area (Å²) in [6.45, 7) is 8.37. The van der Waals surface area contributed by atoms with Gasteiger partial charge in [-0.2, -0.15) is 0 Å². The molecule has 0 spiro atoms. The summed E-state index contributed by atoms with van der Waals surface area (Å²) in [5, 5.41) is 5.12. The number of nitrogens with two attached hydrogens (primary N) is 1. The minimum absolute atomic E-state index is 0.0786. The Morgan fingerprint density at radius 3 is 2.65 bits per heavy atom. The largest absolute Gasteiger partial charge is 0.366 e. The molecule has 1 aliphatic rings. The van der Waals surface area contributed by atoms with E-state index in [9.17, 15) is 9.59 Å². The molecule has 7 heteroatoms. The first kappa shape index (κ1) is 18.4. The molecule has 2 amide bonds. The fourth-order valence-corrected chi connectivity index (χ4v) is 4.13. The molecule has 0 unspecified atom stereocenters. The summed E-state index contributed by atoms with van der Waals surface area (Å²) in [4.78, 5) is 27.3. The van der Waals surface area contributed by atoms with E-state index in [0.29, 0.717) is 17.1 Å². The third-order valence-electron chi connectivity index (χ3n) is 4.98. The number of piperazine rings is 1. The Hall–Kier alpha value is -2.38. The molecule has 0 atom stereocenters. The highest BCUT2D eigenvalue weighted by Gasteiger charge is 2.24. The molecule has 1 saturated heterocycles. The minimum atomic E-state index is -0.518. The van der Waals surface area contributed by atoms with Crippen molar-refractivity contribution in [3.63, 3.8) is 0 Å². The van der Waals surface area contributed by atoms with Gasteiger partial charge in [0.2, 0.25) is 0 Å². The van der Waals surface area contributed by atoms with Gasteiger partial charge in [0, 0.05) is 5.69 Å². The van der Waals surface area contributed by atoms with E-state index in [2.05, 4.69) is 42.3 Å². The van der Waals surface area contributed by atoms with E-state index < -0.39 is 5.91 Å². The van der Waals surface area contributed by atoms with Crippen LogP contribution >= 0.6 is 11.3 Å². The SMILES string of the molecule is Cc1cccc(N2CC[NH+](CC(=O)Nc3sccc3C(N)=O)CC2)c1C. The summed E-state index contributed by atoms with van der Waals surface area (Å²) in [6.07, 6.45) is 0. The van der Waals surface area contributed by atoms with Gasteiger partial charge in [-0.05, 0) is 42.5 Å². The third-order valence-corrected chi connectivity index (χ3v) is 5.81. The van der Waals surface area contributed by atoms with E-state index in [-0.39, 0.29) is 5.91 Å². The molecule has 138 valence electrons. The average Bonchev–Trinajstić information content (AvgIpc) is 3.06. The van der Waals surface area contributed by atoms with Crippen LogP contribution < -0.4 is 20.9 Å². The van der Waals surface area contributed by atoms with Crippen molar-refractivity contribution in [3.05, 3.63) is 46.3 Å². The molecular formula is C19H25N4O2S+. The number of primary amides is 1. The minimum Gasteiger partial charge on any atom is -0.366 e. The van der Waals surface area contributed by atoms with Gasteiger partial charge in [-0.1, -0.05) is 12.1 Å². The van der Waals surface area contributed by atoms with Gasteiger partial charge >= 0.3 is 0 Å². The number of quaternary nitrogens is 1. The molecule has 2 heterocycles. The van der Waals surface area contributed by atoms with Crippen LogP contribution in [0.15, 0.2) is 29.6 Å². The number of nitrogens with one attached hydrogen (secondary N) is 2.